The number of rotatable bonds is 6. The molecule has 32 heavy (non-hydrogen) atoms. The monoisotopic (exact) mass is 457 g/mol. The molecule has 0 amide bonds. The second-order valence-electron chi connectivity index (χ2n) is 9.26. The van der Waals surface area contributed by atoms with Crippen LogP contribution in [0.5, 0.6) is 5.75 Å². The number of aromatic nitrogens is 3. The zero-order valence-corrected chi connectivity index (χ0v) is 20.0. The summed E-state index contributed by atoms with van der Waals surface area (Å²) in [7, 11) is -3.78. The maximum atomic E-state index is 13.4. The highest BCUT2D eigenvalue weighted by molar-refractivity contribution is 7.91. The van der Waals surface area contributed by atoms with E-state index in [9.17, 15) is 8.42 Å². The van der Waals surface area contributed by atoms with Crippen LogP contribution in [0.2, 0.25) is 0 Å². The van der Waals surface area contributed by atoms with E-state index in [1.54, 1.807) is 12.1 Å². The first-order valence-electron chi connectivity index (χ1n) is 11.1. The van der Waals surface area contributed by atoms with Crippen molar-refractivity contribution in [2.24, 2.45) is 5.92 Å². The van der Waals surface area contributed by atoms with Crippen molar-refractivity contribution >= 4 is 20.9 Å². The van der Waals surface area contributed by atoms with E-state index in [-0.39, 0.29) is 21.0 Å². The molecule has 0 bridgehead atoms. The largest absolute Gasteiger partial charge is 0.491 e. The Morgan fingerprint density at radius 2 is 1.94 bits per heavy atom. The predicted octanol–water partition coefficient (Wildman–Crippen LogP) is 4.39. The zero-order chi connectivity index (χ0) is 22.9. The van der Waals surface area contributed by atoms with Gasteiger partial charge in [0.2, 0.25) is 9.84 Å². The first-order chi connectivity index (χ1) is 15.2. The Morgan fingerprint density at radius 3 is 2.62 bits per heavy atom. The topological polar surface area (TPSA) is 83.3 Å². The van der Waals surface area contributed by atoms with Gasteiger partial charge in [-0.15, -0.1) is 0 Å². The quantitative estimate of drug-likeness (QED) is 0.546. The van der Waals surface area contributed by atoms with Gasteiger partial charge in [0, 0.05) is 31.4 Å². The molecule has 4 rings (SSSR count). The van der Waals surface area contributed by atoms with E-state index in [2.05, 4.69) is 30.3 Å². The molecule has 0 unspecified atom stereocenters. The number of fused-ring (bicyclic) bond motifs is 1. The van der Waals surface area contributed by atoms with E-state index in [1.165, 1.54) is 18.5 Å². The summed E-state index contributed by atoms with van der Waals surface area (Å²) in [4.78, 5) is 9.22. The molecular formula is C24H31N3O4S. The van der Waals surface area contributed by atoms with Crippen molar-refractivity contribution < 1.29 is 17.9 Å². The summed E-state index contributed by atoms with van der Waals surface area (Å²) >= 11 is 0. The minimum absolute atomic E-state index is 0.117. The maximum absolute atomic E-state index is 13.4. The molecule has 8 heteroatoms. The fraction of sp³-hybridized carbons (Fsp3) is 0.500. The molecule has 0 N–H and O–H groups in total. The second kappa shape index (κ2) is 8.83. The van der Waals surface area contributed by atoms with Crippen molar-refractivity contribution in [3.8, 4) is 5.75 Å². The van der Waals surface area contributed by atoms with Crippen molar-refractivity contribution in [2.75, 3.05) is 19.8 Å². The lowest BCUT2D eigenvalue weighted by Crippen LogP contribution is -2.25. The molecule has 1 saturated heterocycles. The van der Waals surface area contributed by atoms with Crippen molar-refractivity contribution in [1.29, 1.82) is 0 Å². The third kappa shape index (κ3) is 4.38. The third-order valence-corrected chi connectivity index (χ3v) is 7.61. The molecule has 0 aliphatic carbocycles. The fourth-order valence-electron chi connectivity index (χ4n) is 4.20. The SMILES string of the molecule is CCOc1cnccc1S(=O)(=O)c1ccc2c(c1)nc(C(C)(C)C)n2CC1CCOCC1. The van der Waals surface area contributed by atoms with Crippen molar-refractivity contribution in [2.45, 2.75) is 62.3 Å². The molecule has 1 aromatic carbocycles. The van der Waals surface area contributed by atoms with Crippen LogP contribution in [-0.4, -0.2) is 42.8 Å². The van der Waals surface area contributed by atoms with Gasteiger partial charge in [-0.25, -0.2) is 13.4 Å². The van der Waals surface area contributed by atoms with E-state index in [0.717, 1.165) is 43.9 Å². The number of sulfone groups is 1. The Kier molecular flexibility index (Phi) is 6.27. The molecular weight excluding hydrogens is 426 g/mol. The van der Waals surface area contributed by atoms with Crippen LogP contribution in [0.25, 0.3) is 11.0 Å². The zero-order valence-electron chi connectivity index (χ0n) is 19.2. The number of nitrogens with zero attached hydrogens (tertiary/aromatic N) is 3. The highest BCUT2D eigenvalue weighted by atomic mass is 32.2. The van der Waals surface area contributed by atoms with Gasteiger partial charge in [0.1, 0.15) is 10.7 Å². The number of ether oxygens (including phenoxy) is 2. The predicted molar refractivity (Wildman–Crippen MR) is 123 cm³/mol. The lowest BCUT2D eigenvalue weighted by molar-refractivity contribution is 0.0611. The fourth-order valence-corrected chi connectivity index (χ4v) is 5.59. The Balaban J connectivity index is 1.79. The smallest absolute Gasteiger partial charge is 0.210 e. The van der Waals surface area contributed by atoms with Gasteiger partial charge < -0.3 is 14.0 Å². The van der Waals surface area contributed by atoms with Crippen molar-refractivity contribution in [1.82, 2.24) is 14.5 Å². The molecule has 1 aliphatic rings. The summed E-state index contributed by atoms with van der Waals surface area (Å²) < 4.78 is 40.1. The van der Waals surface area contributed by atoms with Crippen LogP contribution in [0.15, 0.2) is 46.5 Å². The number of benzene rings is 1. The Morgan fingerprint density at radius 1 is 1.19 bits per heavy atom. The molecule has 3 aromatic rings. The number of imidazole rings is 1. The number of pyridine rings is 1. The van der Waals surface area contributed by atoms with Crippen LogP contribution in [0.1, 0.15) is 46.4 Å². The molecule has 1 fully saturated rings. The summed E-state index contributed by atoms with van der Waals surface area (Å²) in [6.07, 6.45) is 4.96. The normalized spacial score (nSPS) is 15.9. The molecule has 0 atom stereocenters. The highest BCUT2D eigenvalue weighted by Gasteiger charge is 2.28. The molecule has 7 nitrogen and oxygen atoms in total. The first kappa shape index (κ1) is 22.7. The summed E-state index contributed by atoms with van der Waals surface area (Å²) in [5.41, 5.74) is 1.48. The van der Waals surface area contributed by atoms with Crippen LogP contribution >= 0.6 is 0 Å². The second-order valence-corrected chi connectivity index (χ2v) is 11.2. The van der Waals surface area contributed by atoms with Crippen LogP contribution < -0.4 is 4.74 Å². The van der Waals surface area contributed by atoms with Gasteiger partial charge in [-0.1, -0.05) is 20.8 Å². The van der Waals surface area contributed by atoms with Gasteiger partial charge in [-0.3, -0.25) is 4.98 Å². The average Bonchev–Trinajstić information content (AvgIpc) is 3.13. The highest BCUT2D eigenvalue weighted by Crippen LogP contribution is 2.33. The first-order valence-corrected chi connectivity index (χ1v) is 12.6. The number of hydrogen-bond acceptors (Lipinski definition) is 6. The van der Waals surface area contributed by atoms with Crippen LogP contribution in [0, 0.1) is 5.92 Å². The van der Waals surface area contributed by atoms with Crippen LogP contribution in [0.4, 0.5) is 0 Å². The van der Waals surface area contributed by atoms with E-state index in [0.29, 0.717) is 18.0 Å². The van der Waals surface area contributed by atoms with E-state index in [4.69, 9.17) is 14.5 Å². The van der Waals surface area contributed by atoms with Gasteiger partial charge in [0.05, 0.1) is 28.7 Å². The standard InChI is InChI=1S/C24H31N3O4S/c1-5-31-21-15-25-11-8-22(21)32(28,29)18-6-7-20-19(14-18)26-23(24(2,3)4)27(20)16-17-9-12-30-13-10-17/h6-8,11,14-15,17H,5,9-10,12-13,16H2,1-4H3. The molecule has 0 saturated carbocycles. The maximum Gasteiger partial charge on any atom is 0.210 e. The molecule has 3 heterocycles. The summed E-state index contributed by atoms with van der Waals surface area (Å²) in [6.45, 7) is 11.0. The molecule has 2 aromatic heterocycles. The van der Waals surface area contributed by atoms with Crippen LogP contribution in [0.3, 0.4) is 0 Å². The molecule has 0 spiro atoms. The third-order valence-electron chi connectivity index (χ3n) is 5.82. The average molecular weight is 458 g/mol. The van der Waals surface area contributed by atoms with Gasteiger partial charge >= 0.3 is 0 Å². The van der Waals surface area contributed by atoms with E-state index in [1.807, 2.05) is 13.0 Å². The minimum atomic E-state index is -3.78. The Hall–Kier alpha value is -2.45. The van der Waals surface area contributed by atoms with Crippen molar-refractivity contribution in [3.05, 3.63) is 42.5 Å². The van der Waals surface area contributed by atoms with Gasteiger partial charge in [-0.2, -0.15) is 0 Å². The minimum Gasteiger partial charge on any atom is -0.491 e. The van der Waals surface area contributed by atoms with Gasteiger partial charge in [-0.05, 0) is 49.9 Å². The summed E-state index contributed by atoms with van der Waals surface area (Å²) in [5, 5.41) is 0. The molecule has 1 aliphatic heterocycles. The molecule has 0 radical (unpaired) electrons. The Bertz CT molecular complexity index is 1210. The summed E-state index contributed by atoms with van der Waals surface area (Å²) in [6, 6.07) is 6.71. The van der Waals surface area contributed by atoms with Gasteiger partial charge in [0.25, 0.3) is 0 Å². The lowest BCUT2D eigenvalue weighted by atomic mass is 9.94. The van der Waals surface area contributed by atoms with Crippen molar-refractivity contribution in [3.63, 3.8) is 0 Å². The van der Waals surface area contributed by atoms with E-state index >= 15 is 0 Å². The number of hydrogen-bond donors (Lipinski definition) is 0. The van der Waals surface area contributed by atoms with Crippen LogP contribution in [-0.2, 0) is 26.5 Å². The Labute approximate surface area is 189 Å². The lowest BCUT2D eigenvalue weighted by Gasteiger charge is -2.26. The van der Waals surface area contributed by atoms with E-state index < -0.39 is 9.84 Å². The summed E-state index contributed by atoms with van der Waals surface area (Å²) in [5.74, 6) is 1.75. The molecule has 172 valence electrons. The van der Waals surface area contributed by atoms with Gasteiger partial charge in [0.15, 0.2) is 5.75 Å².